The highest BCUT2D eigenvalue weighted by molar-refractivity contribution is 7.93. The van der Waals surface area contributed by atoms with Gasteiger partial charge in [0.25, 0.3) is 0 Å². The van der Waals surface area contributed by atoms with Crippen molar-refractivity contribution < 1.29 is 41.0 Å². The number of carbonyl (C=O) groups is 1. The molecule has 224 valence electrons. The molecule has 43 heavy (non-hydrogen) atoms. The highest BCUT2D eigenvalue weighted by Gasteiger charge is 2.40. The number of thiophene rings is 1. The molecule has 2 aromatic heterocycles. The maximum Gasteiger partial charge on any atom is 0.416 e. The van der Waals surface area contributed by atoms with Gasteiger partial charge in [0.15, 0.2) is 14.9 Å². The van der Waals surface area contributed by atoms with Gasteiger partial charge >= 0.3 is 6.18 Å². The van der Waals surface area contributed by atoms with Gasteiger partial charge in [-0.2, -0.15) is 13.2 Å². The van der Waals surface area contributed by atoms with E-state index in [-0.39, 0.29) is 62.0 Å². The Morgan fingerprint density at radius 2 is 1.88 bits per heavy atom. The first kappa shape index (κ1) is 29.1. The Morgan fingerprint density at radius 3 is 2.56 bits per heavy atom. The van der Waals surface area contributed by atoms with Gasteiger partial charge in [0.05, 0.1) is 23.6 Å². The second-order valence-corrected chi connectivity index (χ2v) is 13.7. The number of benzene rings is 2. The first-order valence-corrected chi connectivity index (χ1v) is 15.6. The van der Waals surface area contributed by atoms with E-state index < -0.39 is 51.1 Å². The van der Waals surface area contributed by atoms with Crippen LogP contribution < -0.4 is 5.32 Å². The Labute approximate surface area is 247 Å². The summed E-state index contributed by atoms with van der Waals surface area (Å²) in [6.07, 6.45) is -2.47. The average Bonchev–Trinajstić information content (AvgIpc) is 3.42. The molecule has 0 saturated heterocycles. The van der Waals surface area contributed by atoms with E-state index >= 15 is 0 Å². The Kier molecular flexibility index (Phi) is 7.22. The maximum atomic E-state index is 14.8. The predicted molar refractivity (Wildman–Crippen MR) is 152 cm³/mol. The quantitative estimate of drug-likeness (QED) is 0.165. The third-order valence-electron chi connectivity index (χ3n) is 7.66. The van der Waals surface area contributed by atoms with E-state index in [2.05, 4.69) is 5.32 Å². The van der Waals surface area contributed by atoms with Crippen molar-refractivity contribution in [3.63, 3.8) is 0 Å². The monoisotopic (exact) mass is 632 g/mol. The number of Topliss-reactive ketones (excluding diaryl/α,β-unsaturated/α-hetero) is 1. The lowest BCUT2D eigenvalue weighted by Crippen LogP contribution is -2.34. The van der Waals surface area contributed by atoms with Crippen molar-refractivity contribution in [3.8, 4) is 5.06 Å². The molecule has 4 aromatic rings. The molecule has 3 N–H and O–H groups in total. The summed E-state index contributed by atoms with van der Waals surface area (Å²) in [6, 6.07) is 11.4. The van der Waals surface area contributed by atoms with Gasteiger partial charge in [-0.15, -0.1) is 0 Å². The first-order chi connectivity index (χ1) is 20.3. The number of halogens is 4. The molecule has 7 nitrogen and oxygen atoms in total. The van der Waals surface area contributed by atoms with Crippen LogP contribution in [-0.2, 0) is 22.6 Å². The fourth-order valence-electron chi connectivity index (χ4n) is 5.51. The van der Waals surface area contributed by atoms with Crippen LogP contribution >= 0.6 is 11.3 Å². The molecule has 1 aliphatic carbocycles. The van der Waals surface area contributed by atoms with Crippen LogP contribution in [-0.4, -0.2) is 41.0 Å². The zero-order chi connectivity index (χ0) is 30.7. The van der Waals surface area contributed by atoms with Crippen LogP contribution in [0.1, 0.15) is 45.9 Å². The number of hydrogen-bond acceptors (Lipinski definition) is 7. The van der Waals surface area contributed by atoms with Crippen molar-refractivity contribution in [2.75, 3.05) is 5.75 Å². The molecule has 3 heterocycles. The van der Waals surface area contributed by atoms with E-state index in [1.807, 2.05) is 0 Å². The lowest BCUT2D eigenvalue weighted by atomic mass is 9.88. The van der Waals surface area contributed by atoms with E-state index in [9.17, 15) is 41.0 Å². The summed E-state index contributed by atoms with van der Waals surface area (Å²) < 4.78 is 83.6. The number of sulfone groups is 1. The zero-order valence-corrected chi connectivity index (χ0v) is 23.9. The van der Waals surface area contributed by atoms with Gasteiger partial charge in [-0.1, -0.05) is 35.6 Å². The smallest absolute Gasteiger partial charge is 0.416 e. The van der Waals surface area contributed by atoms with Crippen LogP contribution in [0.15, 0.2) is 82.2 Å². The number of nitrogens with one attached hydrogen (secondary N) is 1. The molecule has 2 aliphatic rings. The number of aromatic hydroxyl groups is 1. The lowest BCUT2D eigenvalue weighted by Gasteiger charge is -2.26. The molecule has 0 amide bonds. The van der Waals surface area contributed by atoms with Crippen LogP contribution in [0.2, 0.25) is 0 Å². The minimum absolute atomic E-state index is 0.0325. The van der Waals surface area contributed by atoms with Gasteiger partial charge in [0.1, 0.15) is 16.3 Å². The fourth-order valence-corrected chi connectivity index (χ4v) is 8.08. The lowest BCUT2D eigenvalue weighted by molar-refractivity contribution is -0.137. The number of allylic oxidation sites excluding steroid dienone is 2. The zero-order valence-electron chi connectivity index (χ0n) is 22.2. The normalized spacial score (nSPS) is 18.7. The number of aliphatic hydroxyl groups is 1. The number of hydrogen-bond donors (Lipinski definition) is 3. The second kappa shape index (κ2) is 10.6. The molecule has 2 aromatic carbocycles. The summed E-state index contributed by atoms with van der Waals surface area (Å²) in [5.74, 6) is -2.48. The maximum absolute atomic E-state index is 14.8. The molecule has 0 saturated carbocycles. The van der Waals surface area contributed by atoms with Crippen LogP contribution in [0.3, 0.4) is 0 Å². The number of ketones is 1. The molecule has 0 radical (unpaired) electrons. The molecular weight excluding hydrogens is 608 g/mol. The summed E-state index contributed by atoms with van der Waals surface area (Å²) in [5.41, 5.74) is 0.131. The van der Waals surface area contributed by atoms with Crippen molar-refractivity contribution in [3.05, 3.63) is 106 Å². The van der Waals surface area contributed by atoms with Crippen LogP contribution in [0.5, 0.6) is 5.06 Å². The molecule has 6 rings (SSSR count). The molecule has 2 atom stereocenters. The van der Waals surface area contributed by atoms with Gasteiger partial charge in [-0.05, 0) is 66.6 Å². The largest absolute Gasteiger partial charge is 0.499 e. The van der Waals surface area contributed by atoms with Gasteiger partial charge in [-0.3, -0.25) is 4.79 Å². The highest BCUT2D eigenvalue weighted by Crippen LogP contribution is 2.44. The number of alkyl halides is 3. The number of fused-ring (bicyclic) bond motifs is 1. The van der Waals surface area contributed by atoms with Crippen molar-refractivity contribution in [1.29, 1.82) is 0 Å². The van der Waals surface area contributed by atoms with E-state index in [0.29, 0.717) is 16.9 Å². The standard InChI is InChI=1S/C30H24F4N2O5S2/c31-22-6-2-1-4-16(22)14-36-23-8-7-18(30(32,33)34)13-21(23)26(19-5-3-11-35-29(19)39)27(36)28(38)20-12-17(20)15-43(40,41)25-10-9-24(37)42-25/h1-4,6-11,13,19,29,35,37,39H,5,12,14-15H2. The molecule has 0 spiro atoms. The van der Waals surface area contributed by atoms with E-state index in [1.54, 1.807) is 12.1 Å². The molecule has 0 fully saturated rings. The van der Waals surface area contributed by atoms with Gasteiger partial charge in [0, 0.05) is 28.0 Å². The number of nitrogens with zero attached hydrogens (tertiary/aromatic N) is 1. The topological polar surface area (TPSA) is 109 Å². The fraction of sp³-hybridized carbons (Fsp3) is 0.233. The minimum atomic E-state index is -4.69. The van der Waals surface area contributed by atoms with E-state index in [0.717, 1.165) is 12.1 Å². The SMILES string of the molecule is O=C(C1=C(CS(=O)(=O)c2ccc(O)s2)C1)c1c(C2CC=CNC2O)c2cc(C(F)(F)F)ccc2n1Cc1ccccc1F. The Balaban J connectivity index is 1.54. The molecule has 0 bridgehead atoms. The Hall–Kier alpha value is -3.94. The third-order valence-corrected chi connectivity index (χ3v) is 10.8. The Bertz CT molecular complexity index is 1940. The number of aromatic nitrogens is 1. The van der Waals surface area contributed by atoms with Gasteiger partial charge in [0.2, 0.25) is 5.78 Å². The van der Waals surface area contributed by atoms with E-state index in [4.69, 9.17) is 0 Å². The molecular formula is C30H24F4N2O5S2. The highest BCUT2D eigenvalue weighted by atomic mass is 32.2. The number of rotatable bonds is 8. The summed E-state index contributed by atoms with van der Waals surface area (Å²) in [6.45, 7) is -0.197. The van der Waals surface area contributed by atoms with Crippen LogP contribution in [0, 0.1) is 5.82 Å². The number of aliphatic hydroxyl groups excluding tert-OH is 1. The Morgan fingerprint density at radius 1 is 1.12 bits per heavy atom. The predicted octanol–water partition coefficient (Wildman–Crippen LogP) is 5.88. The van der Waals surface area contributed by atoms with Gasteiger partial charge in [-0.25, -0.2) is 12.8 Å². The van der Waals surface area contributed by atoms with Crippen LogP contribution in [0.4, 0.5) is 17.6 Å². The van der Waals surface area contributed by atoms with Crippen molar-refractivity contribution >= 4 is 37.9 Å². The average molecular weight is 633 g/mol. The summed E-state index contributed by atoms with van der Waals surface area (Å²) in [7, 11) is -3.87. The van der Waals surface area contributed by atoms with Crippen molar-refractivity contribution in [2.45, 2.75) is 41.9 Å². The number of carbonyl (C=O) groups excluding carboxylic acids is 1. The minimum Gasteiger partial charge on any atom is -0.499 e. The molecule has 1 aliphatic heterocycles. The van der Waals surface area contributed by atoms with E-state index in [1.165, 1.54) is 47.2 Å². The third kappa shape index (κ3) is 5.48. The summed E-state index contributed by atoms with van der Waals surface area (Å²) in [4.78, 5) is 14.2. The molecule has 13 heteroatoms. The van der Waals surface area contributed by atoms with Gasteiger partial charge < -0.3 is 20.1 Å². The first-order valence-electron chi connectivity index (χ1n) is 13.2. The van der Waals surface area contributed by atoms with Crippen molar-refractivity contribution in [1.82, 2.24) is 9.88 Å². The summed E-state index contributed by atoms with van der Waals surface area (Å²) in [5, 5.41) is 23.1. The summed E-state index contributed by atoms with van der Waals surface area (Å²) >= 11 is 0.691. The van der Waals surface area contributed by atoms with Crippen molar-refractivity contribution in [2.24, 2.45) is 0 Å². The van der Waals surface area contributed by atoms with Crippen LogP contribution in [0.25, 0.3) is 10.9 Å². The second-order valence-electron chi connectivity index (χ2n) is 10.5. The molecule has 2 unspecified atom stereocenters.